The average molecular weight is 257 g/mol. The van der Waals surface area contributed by atoms with Gasteiger partial charge in [0.25, 0.3) is 0 Å². The minimum atomic E-state index is -0.855. The lowest BCUT2D eigenvalue weighted by Crippen LogP contribution is -2.40. The van der Waals surface area contributed by atoms with Crippen molar-refractivity contribution in [2.75, 3.05) is 19.7 Å². The van der Waals surface area contributed by atoms with E-state index in [4.69, 9.17) is 5.11 Å². The van der Waals surface area contributed by atoms with Gasteiger partial charge in [0.1, 0.15) is 11.6 Å². The van der Waals surface area contributed by atoms with Crippen LogP contribution in [-0.4, -0.2) is 41.5 Å². The minimum Gasteiger partial charge on any atom is -0.395 e. The number of nitrogens with zero attached hydrogens (tertiary/aromatic N) is 1. The first kappa shape index (κ1) is 14.7. The number of aliphatic hydroxyl groups is 1. The van der Waals surface area contributed by atoms with Crippen molar-refractivity contribution in [1.29, 1.82) is 0 Å². The fourth-order valence-electron chi connectivity index (χ4n) is 1.83. The molecule has 1 unspecified atom stereocenters. The largest absolute Gasteiger partial charge is 0.395 e. The maximum atomic E-state index is 13.5. The van der Waals surface area contributed by atoms with Gasteiger partial charge in [-0.15, -0.1) is 0 Å². The molecule has 0 bridgehead atoms. The summed E-state index contributed by atoms with van der Waals surface area (Å²) in [5.41, 5.74) is -0.125. The summed E-state index contributed by atoms with van der Waals surface area (Å²) in [6.45, 7) is 4.32. The molecule has 1 N–H and O–H groups in total. The van der Waals surface area contributed by atoms with Gasteiger partial charge in [0, 0.05) is 12.6 Å². The molecule has 0 radical (unpaired) electrons. The predicted molar refractivity (Wildman–Crippen MR) is 64.5 cm³/mol. The number of aliphatic hydroxyl groups excluding tert-OH is 1. The normalized spacial score (nSPS) is 12.8. The molecule has 0 aromatic heterocycles. The van der Waals surface area contributed by atoms with Crippen LogP contribution < -0.4 is 0 Å². The maximum Gasteiger partial charge on any atom is 0.182 e. The molecule has 0 aliphatic heterocycles. The molecule has 0 aliphatic carbocycles. The molecule has 1 atom stereocenters. The summed E-state index contributed by atoms with van der Waals surface area (Å²) in [6.07, 6.45) is 0. The molecule has 0 saturated carbocycles. The Kier molecular flexibility index (Phi) is 5.37. The number of carbonyl (C=O) groups is 1. The van der Waals surface area contributed by atoms with Crippen molar-refractivity contribution < 1.29 is 18.7 Å². The number of hydrogen-bond acceptors (Lipinski definition) is 3. The molecule has 5 heteroatoms. The molecule has 1 aromatic carbocycles. The molecular weight excluding hydrogens is 240 g/mol. The van der Waals surface area contributed by atoms with Crippen LogP contribution in [0.3, 0.4) is 0 Å². The first-order chi connectivity index (χ1) is 8.51. The lowest BCUT2D eigenvalue weighted by Gasteiger charge is -2.25. The van der Waals surface area contributed by atoms with Crippen molar-refractivity contribution >= 4 is 5.78 Å². The molecule has 3 nitrogen and oxygen atoms in total. The van der Waals surface area contributed by atoms with Gasteiger partial charge in [-0.25, -0.2) is 8.78 Å². The van der Waals surface area contributed by atoms with Crippen molar-refractivity contribution in [3.8, 4) is 0 Å². The van der Waals surface area contributed by atoms with Gasteiger partial charge in [-0.05, 0) is 25.6 Å². The van der Waals surface area contributed by atoms with E-state index in [1.165, 1.54) is 0 Å². The van der Waals surface area contributed by atoms with Crippen LogP contribution in [0.4, 0.5) is 8.78 Å². The van der Waals surface area contributed by atoms with Crippen LogP contribution in [0.25, 0.3) is 0 Å². The molecule has 0 fully saturated rings. The fourth-order valence-corrected chi connectivity index (χ4v) is 1.83. The molecule has 18 heavy (non-hydrogen) atoms. The Hall–Kier alpha value is -1.33. The van der Waals surface area contributed by atoms with Crippen molar-refractivity contribution in [3.05, 3.63) is 35.4 Å². The number of ketones is 1. The van der Waals surface area contributed by atoms with Gasteiger partial charge >= 0.3 is 0 Å². The first-order valence-electron chi connectivity index (χ1n) is 5.85. The maximum absolute atomic E-state index is 13.5. The number of halogens is 2. The molecule has 0 amide bonds. The predicted octanol–water partition coefficient (Wildman–Crippen LogP) is 1.85. The second-order valence-corrected chi connectivity index (χ2v) is 4.02. The molecule has 100 valence electrons. The summed E-state index contributed by atoms with van der Waals surface area (Å²) in [5, 5.41) is 8.88. The summed E-state index contributed by atoms with van der Waals surface area (Å²) in [7, 11) is 0. The molecule has 0 heterocycles. The van der Waals surface area contributed by atoms with E-state index in [0.717, 1.165) is 12.1 Å². The number of carbonyl (C=O) groups excluding carboxylic acids is 1. The second kappa shape index (κ2) is 6.56. The van der Waals surface area contributed by atoms with Crippen LogP contribution in [0.2, 0.25) is 0 Å². The summed E-state index contributed by atoms with van der Waals surface area (Å²) in [6, 6.07) is 2.35. The Morgan fingerprint density at radius 1 is 1.44 bits per heavy atom. The quantitative estimate of drug-likeness (QED) is 0.791. The number of hydrogen-bond donors (Lipinski definition) is 1. The van der Waals surface area contributed by atoms with Crippen molar-refractivity contribution in [2.45, 2.75) is 19.9 Å². The summed E-state index contributed by atoms with van der Waals surface area (Å²) >= 11 is 0. The Labute approximate surface area is 105 Å². The van der Waals surface area contributed by atoms with E-state index in [-0.39, 0.29) is 12.2 Å². The van der Waals surface area contributed by atoms with E-state index in [2.05, 4.69) is 0 Å². The topological polar surface area (TPSA) is 40.5 Å². The van der Waals surface area contributed by atoms with E-state index in [1.54, 1.807) is 11.8 Å². The highest BCUT2D eigenvalue weighted by Gasteiger charge is 2.23. The lowest BCUT2D eigenvalue weighted by molar-refractivity contribution is 0.0813. The van der Waals surface area contributed by atoms with Crippen molar-refractivity contribution in [3.63, 3.8) is 0 Å². The van der Waals surface area contributed by atoms with E-state index >= 15 is 0 Å². The van der Waals surface area contributed by atoms with Crippen molar-refractivity contribution in [1.82, 2.24) is 4.90 Å². The van der Waals surface area contributed by atoms with E-state index in [9.17, 15) is 13.6 Å². The Bertz CT molecular complexity index is 423. The molecule has 0 aliphatic rings. The van der Waals surface area contributed by atoms with E-state index in [0.29, 0.717) is 19.2 Å². The SMILES string of the molecule is CCN(CCO)C(C)C(=O)c1ccc(F)cc1F. The average Bonchev–Trinajstić information content (AvgIpc) is 2.34. The zero-order chi connectivity index (χ0) is 13.7. The monoisotopic (exact) mass is 257 g/mol. The molecule has 1 aromatic rings. The van der Waals surface area contributed by atoms with Gasteiger partial charge in [0.15, 0.2) is 5.78 Å². The van der Waals surface area contributed by atoms with Gasteiger partial charge < -0.3 is 5.11 Å². The van der Waals surface area contributed by atoms with Gasteiger partial charge in [-0.2, -0.15) is 0 Å². The zero-order valence-corrected chi connectivity index (χ0v) is 10.5. The number of benzene rings is 1. The van der Waals surface area contributed by atoms with Crippen LogP contribution in [0, 0.1) is 11.6 Å². The third-order valence-corrected chi connectivity index (χ3v) is 2.92. The Balaban J connectivity index is 2.91. The van der Waals surface area contributed by atoms with Gasteiger partial charge in [0.2, 0.25) is 0 Å². The van der Waals surface area contributed by atoms with Crippen LogP contribution in [0.15, 0.2) is 18.2 Å². The fraction of sp³-hybridized carbons (Fsp3) is 0.462. The number of likely N-dealkylation sites (N-methyl/N-ethyl adjacent to an activating group) is 1. The standard InChI is InChI=1S/C13H17F2NO2/c1-3-16(6-7-17)9(2)13(18)11-5-4-10(14)8-12(11)15/h4-5,8-9,17H,3,6-7H2,1-2H3. The highest BCUT2D eigenvalue weighted by atomic mass is 19.1. The summed E-state index contributed by atoms with van der Waals surface area (Å²) in [4.78, 5) is 13.8. The zero-order valence-electron chi connectivity index (χ0n) is 10.5. The highest BCUT2D eigenvalue weighted by molar-refractivity contribution is 6.00. The van der Waals surface area contributed by atoms with E-state index in [1.807, 2.05) is 6.92 Å². The van der Waals surface area contributed by atoms with Crippen LogP contribution >= 0.6 is 0 Å². The van der Waals surface area contributed by atoms with Gasteiger partial charge in [0.05, 0.1) is 18.2 Å². The van der Waals surface area contributed by atoms with E-state index < -0.39 is 23.5 Å². The molecule has 1 rings (SSSR count). The van der Waals surface area contributed by atoms with Crippen LogP contribution in [-0.2, 0) is 0 Å². The van der Waals surface area contributed by atoms with Crippen LogP contribution in [0.5, 0.6) is 0 Å². The molecular formula is C13H17F2NO2. The van der Waals surface area contributed by atoms with Gasteiger partial charge in [-0.3, -0.25) is 9.69 Å². The van der Waals surface area contributed by atoms with Crippen molar-refractivity contribution in [2.24, 2.45) is 0 Å². The third-order valence-electron chi connectivity index (χ3n) is 2.92. The third kappa shape index (κ3) is 3.34. The molecule has 0 saturated heterocycles. The summed E-state index contributed by atoms with van der Waals surface area (Å²) in [5.74, 6) is -1.98. The van der Waals surface area contributed by atoms with Crippen LogP contribution in [0.1, 0.15) is 24.2 Å². The molecule has 0 spiro atoms. The highest BCUT2D eigenvalue weighted by Crippen LogP contribution is 2.14. The smallest absolute Gasteiger partial charge is 0.182 e. The first-order valence-corrected chi connectivity index (χ1v) is 5.85. The second-order valence-electron chi connectivity index (χ2n) is 4.02. The number of rotatable bonds is 6. The minimum absolute atomic E-state index is 0.0721. The van der Waals surface area contributed by atoms with Gasteiger partial charge in [-0.1, -0.05) is 6.92 Å². The Morgan fingerprint density at radius 3 is 2.61 bits per heavy atom. The summed E-state index contributed by atoms with van der Waals surface area (Å²) < 4.78 is 26.2. The Morgan fingerprint density at radius 2 is 2.11 bits per heavy atom. The lowest BCUT2D eigenvalue weighted by atomic mass is 10.0. The number of Topliss-reactive ketones (excluding diaryl/α,β-unsaturated/α-hetero) is 1.